The molecule has 0 heterocycles. The van der Waals surface area contributed by atoms with Gasteiger partial charge in [0, 0.05) is 0 Å². The van der Waals surface area contributed by atoms with Crippen LogP contribution in [0.15, 0.2) is 0 Å². The Labute approximate surface area is 119 Å². The molecule has 0 aromatic heterocycles. The molecule has 0 amide bonds. The molecule has 0 unspecified atom stereocenters. The topological polar surface area (TPSA) is 40.5 Å². The molecule has 101 valence electrons. The van der Waals surface area contributed by atoms with E-state index in [9.17, 15) is 9.79 Å². The van der Waals surface area contributed by atoms with Crippen LogP contribution in [0.2, 0.25) is 0 Å². The summed E-state index contributed by atoms with van der Waals surface area (Å²) in [6.07, 6.45) is 9.97. The van der Waals surface area contributed by atoms with Crippen molar-refractivity contribution in [3.05, 3.63) is 0 Å². The zero-order chi connectivity index (χ0) is 13.1. The second kappa shape index (κ2) is 11.2. The van der Waals surface area contributed by atoms with Crippen LogP contribution in [0.3, 0.4) is 0 Å². The van der Waals surface area contributed by atoms with Gasteiger partial charge in [-0.1, -0.05) is 0 Å². The van der Waals surface area contributed by atoms with Gasteiger partial charge in [-0.15, -0.1) is 0 Å². The average molecular weight is 333 g/mol. The third-order valence-electron chi connectivity index (χ3n) is 2.88. The van der Waals surface area contributed by atoms with Crippen LogP contribution in [0, 0.1) is 0 Å². The Hall–Kier alpha value is 1.32. The van der Waals surface area contributed by atoms with Crippen LogP contribution in [-0.2, 0) is 27.9 Å². The van der Waals surface area contributed by atoms with Gasteiger partial charge in [-0.3, -0.25) is 0 Å². The second-order valence-corrected chi connectivity index (χ2v) is 19.5. The van der Waals surface area contributed by atoms with Gasteiger partial charge in [-0.05, 0) is 0 Å². The first-order valence-corrected chi connectivity index (χ1v) is 14.9. The van der Waals surface area contributed by atoms with Gasteiger partial charge in [0.1, 0.15) is 0 Å². The molecule has 17 heavy (non-hydrogen) atoms. The summed E-state index contributed by atoms with van der Waals surface area (Å²) in [5.41, 5.74) is 0. The first kappa shape index (κ1) is 18.3. The van der Waals surface area contributed by atoms with Crippen LogP contribution in [0.25, 0.3) is 0 Å². The van der Waals surface area contributed by atoms with Gasteiger partial charge in [-0.2, -0.15) is 0 Å². The molecule has 0 atom stereocenters. The SMILES string of the molecule is CCCCCCS(CCCCCC)=[P](O)(O)[Zn]. The van der Waals surface area contributed by atoms with E-state index in [2.05, 4.69) is 13.8 Å². The normalized spacial score (nSPS) is 12.4. The van der Waals surface area contributed by atoms with Gasteiger partial charge in [-0.25, -0.2) is 0 Å². The minimum atomic E-state index is -2.47. The van der Waals surface area contributed by atoms with Crippen molar-refractivity contribution in [3.8, 4) is 0 Å². The van der Waals surface area contributed by atoms with Crippen LogP contribution >= 0.6 is 4.82 Å². The summed E-state index contributed by atoms with van der Waals surface area (Å²) >= 11 is 0.692. The third kappa shape index (κ3) is 10.9. The van der Waals surface area contributed by atoms with E-state index in [-0.39, 0.29) is 10.1 Å². The average Bonchev–Trinajstić information content (AvgIpc) is 2.25. The molecule has 0 radical (unpaired) electrons. The number of hydrogen-bond donors (Lipinski definition) is 2. The fraction of sp³-hybridized carbons (Fsp3) is 1.00. The summed E-state index contributed by atoms with van der Waals surface area (Å²) in [6.45, 7) is 4.43. The molecule has 0 aromatic carbocycles. The zero-order valence-corrected chi connectivity index (χ0v) is 16.2. The fourth-order valence-electron chi connectivity index (χ4n) is 1.79. The quantitative estimate of drug-likeness (QED) is 0.361. The predicted octanol–water partition coefficient (Wildman–Crippen LogP) is 3.97. The molecule has 0 saturated heterocycles. The third-order valence-corrected chi connectivity index (χ3v) is 15.7. The van der Waals surface area contributed by atoms with Gasteiger partial charge in [0.15, 0.2) is 0 Å². The number of hydrogen-bond acceptors (Lipinski definition) is 0. The van der Waals surface area contributed by atoms with Gasteiger partial charge < -0.3 is 0 Å². The molecule has 5 heteroatoms. The Balaban J connectivity index is 4.01. The summed E-state index contributed by atoms with van der Waals surface area (Å²) < 4.78 is 0. The first-order valence-electron chi connectivity index (χ1n) is 6.89. The van der Waals surface area contributed by atoms with E-state index < -0.39 is 4.82 Å². The van der Waals surface area contributed by atoms with Crippen molar-refractivity contribution in [3.63, 3.8) is 0 Å². The van der Waals surface area contributed by atoms with E-state index in [1.54, 1.807) is 0 Å². The predicted molar refractivity (Wildman–Crippen MR) is 76.7 cm³/mol. The van der Waals surface area contributed by atoms with Crippen molar-refractivity contribution >= 4 is 14.9 Å². The van der Waals surface area contributed by atoms with Gasteiger partial charge in [0.25, 0.3) is 0 Å². The van der Waals surface area contributed by atoms with Gasteiger partial charge >= 0.3 is 119 Å². The summed E-state index contributed by atoms with van der Waals surface area (Å²) in [6, 6.07) is 0. The molecule has 0 aliphatic rings. The first-order chi connectivity index (χ1) is 8.02. The van der Waals surface area contributed by atoms with Gasteiger partial charge in [0.2, 0.25) is 0 Å². The molecule has 0 rings (SSSR count). The second-order valence-electron chi connectivity index (χ2n) is 4.66. The molecule has 0 bridgehead atoms. The van der Waals surface area contributed by atoms with E-state index in [0.29, 0.717) is 17.8 Å². The molecule has 0 fully saturated rings. The van der Waals surface area contributed by atoms with Crippen LogP contribution in [0.4, 0.5) is 0 Å². The Bertz CT molecular complexity index is 218. The van der Waals surface area contributed by atoms with Crippen molar-refractivity contribution in [1.29, 1.82) is 0 Å². The molecule has 2 nitrogen and oxygen atoms in total. The Kier molecular flexibility index (Phi) is 12.0. The van der Waals surface area contributed by atoms with Crippen molar-refractivity contribution in [2.45, 2.75) is 65.2 Å². The fourth-order valence-corrected chi connectivity index (χ4v) is 11.1. The molecule has 2 N–H and O–H groups in total. The number of rotatable bonds is 10. The Morgan fingerprint density at radius 2 is 1.24 bits per heavy atom. The maximum absolute atomic E-state index is 9.93. The van der Waals surface area contributed by atoms with Crippen molar-refractivity contribution in [2.24, 2.45) is 0 Å². The molecule has 0 aliphatic heterocycles. The van der Waals surface area contributed by atoms with Crippen LogP contribution in [-0.4, -0.2) is 21.3 Å². The van der Waals surface area contributed by atoms with Crippen LogP contribution in [0.1, 0.15) is 65.2 Å². The number of unbranched alkanes of at least 4 members (excludes halogenated alkanes) is 6. The molecule has 0 saturated carbocycles. The summed E-state index contributed by atoms with van der Waals surface area (Å²) in [7, 11) is -0.0709. The van der Waals surface area contributed by atoms with Crippen molar-refractivity contribution in [1.82, 2.24) is 0 Å². The van der Waals surface area contributed by atoms with E-state index in [1.807, 2.05) is 0 Å². The summed E-state index contributed by atoms with van der Waals surface area (Å²) in [4.78, 5) is 17.4. The Morgan fingerprint density at radius 3 is 1.53 bits per heavy atom. The summed E-state index contributed by atoms with van der Waals surface area (Å²) in [5, 5.41) is 0. The molecule has 0 spiro atoms. The molecular weight excluding hydrogens is 305 g/mol. The zero-order valence-electron chi connectivity index (χ0n) is 11.5. The standard InChI is InChI=1S/C12H28O2PS.Zn/c1-3-5-7-9-11-16(15(13)14)12-10-8-6-4-2;/h13-14H,3-12H2,1-2H3;/q+1;-1. The minimum absolute atomic E-state index is 0.0709. The van der Waals surface area contributed by atoms with Crippen molar-refractivity contribution < 1.29 is 27.6 Å². The van der Waals surface area contributed by atoms with Gasteiger partial charge in [0.05, 0.1) is 0 Å². The van der Waals surface area contributed by atoms with E-state index in [4.69, 9.17) is 0 Å². The molecule has 0 aromatic rings. The van der Waals surface area contributed by atoms with E-state index in [1.165, 1.54) is 51.4 Å². The molecule has 0 aliphatic carbocycles. The van der Waals surface area contributed by atoms with Crippen LogP contribution < -0.4 is 0 Å². The van der Waals surface area contributed by atoms with E-state index >= 15 is 0 Å². The van der Waals surface area contributed by atoms with E-state index in [0.717, 1.165) is 11.5 Å². The van der Waals surface area contributed by atoms with Crippen LogP contribution in [0.5, 0.6) is 0 Å². The maximum atomic E-state index is 9.93. The molecular formula is C12H28O2PSZn. The van der Waals surface area contributed by atoms with Crippen molar-refractivity contribution in [2.75, 3.05) is 11.5 Å². The Morgan fingerprint density at radius 1 is 0.824 bits per heavy atom. The monoisotopic (exact) mass is 331 g/mol. The summed E-state index contributed by atoms with van der Waals surface area (Å²) in [5.74, 6) is 2.12.